The molecule has 1 atom stereocenters. The molecule has 0 aromatic heterocycles. The summed E-state index contributed by atoms with van der Waals surface area (Å²) >= 11 is 0. The Bertz CT molecular complexity index is 939. The number of fused-ring (bicyclic) bond motifs is 1. The van der Waals surface area contributed by atoms with Crippen LogP contribution in [0.3, 0.4) is 0 Å². The Kier molecular flexibility index (Phi) is 5.37. The monoisotopic (exact) mass is 388 g/mol. The molecule has 3 rings (SSSR count). The highest BCUT2D eigenvalue weighted by atomic mass is 19.4. The van der Waals surface area contributed by atoms with E-state index in [0.717, 1.165) is 35.3 Å². The van der Waals surface area contributed by atoms with Crippen molar-refractivity contribution in [1.82, 2.24) is 0 Å². The molecule has 28 heavy (non-hydrogen) atoms. The lowest BCUT2D eigenvalue weighted by Gasteiger charge is -2.28. The molecule has 0 fully saturated rings. The van der Waals surface area contributed by atoms with Gasteiger partial charge in [-0.25, -0.2) is 4.79 Å². The minimum absolute atomic E-state index is 0.126. The van der Waals surface area contributed by atoms with Crippen LogP contribution in [0.25, 0.3) is 5.57 Å². The van der Waals surface area contributed by atoms with Crippen LogP contribution in [0, 0.1) is 12.8 Å². The van der Waals surface area contributed by atoms with E-state index in [1.54, 1.807) is 0 Å². The van der Waals surface area contributed by atoms with Crippen LogP contribution in [-0.2, 0) is 6.18 Å². The van der Waals surface area contributed by atoms with Gasteiger partial charge in [-0.1, -0.05) is 32.1 Å². The minimum atomic E-state index is -4.51. The summed E-state index contributed by atoms with van der Waals surface area (Å²) in [7, 11) is 0. The molecule has 1 aliphatic carbocycles. The number of hydrogen-bond acceptors (Lipinski definition) is 2. The number of allylic oxidation sites excluding steroid dienone is 2. The van der Waals surface area contributed by atoms with Crippen LogP contribution in [-0.4, -0.2) is 5.97 Å². The van der Waals surface area contributed by atoms with Gasteiger partial charge in [-0.15, -0.1) is 0 Å². The molecule has 2 aromatic carbocycles. The zero-order valence-electron chi connectivity index (χ0n) is 16.4. The SMILES string of the molecule is CC1=CC[C@H](C(C)C)c2cc(C)c(OC(=O)c3cccc(C(F)(F)F)c3)cc21. The first-order chi connectivity index (χ1) is 13.1. The number of rotatable bonds is 3. The fraction of sp³-hybridized carbons (Fsp3) is 0.348. The normalized spacial score (nSPS) is 16.6. The Balaban J connectivity index is 1.93. The van der Waals surface area contributed by atoms with Gasteiger partial charge in [0, 0.05) is 0 Å². The van der Waals surface area contributed by atoms with Crippen molar-refractivity contribution in [3.63, 3.8) is 0 Å². The molecule has 2 aromatic rings. The zero-order chi connectivity index (χ0) is 20.6. The third kappa shape index (κ3) is 3.98. The van der Waals surface area contributed by atoms with E-state index in [1.165, 1.54) is 17.7 Å². The van der Waals surface area contributed by atoms with Crippen molar-refractivity contribution in [2.75, 3.05) is 0 Å². The highest BCUT2D eigenvalue weighted by Gasteiger charge is 2.31. The van der Waals surface area contributed by atoms with Crippen molar-refractivity contribution >= 4 is 11.5 Å². The summed E-state index contributed by atoms with van der Waals surface area (Å²) in [5, 5.41) is 0. The number of carbonyl (C=O) groups is 1. The fourth-order valence-corrected chi connectivity index (χ4v) is 3.62. The quantitative estimate of drug-likeness (QED) is 0.428. The Labute approximate surface area is 163 Å². The topological polar surface area (TPSA) is 26.3 Å². The molecule has 0 saturated heterocycles. The first-order valence-corrected chi connectivity index (χ1v) is 9.29. The third-order valence-electron chi connectivity index (χ3n) is 5.28. The summed E-state index contributed by atoms with van der Waals surface area (Å²) in [6.07, 6.45) is -1.36. The Morgan fingerprint density at radius 1 is 1.14 bits per heavy atom. The van der Waals surface area contributed by atoms with E-state index in [9.17, 15) is 18.0 Å². The number of ether oxygens (including phenoxy) is 1. The van der Waals surface area contributed by atoms with Gasteiger partial charge < -0.3 is 4.74 Å². The number of carbonyl (C=O) groups excluding carboxylic acids is 1. The smallest absolute Gasteiger partial charge is 0.416 e. The summed E-state index contributed by atoms with van der Waals surface area (Å²) < 4.78 is 44.2. The molecule has 0 bridgehead atoms. The van der Waals surface area contributed by atoms with Gasteiger partial charge >= 0.3 is 12.1 Å². The van der Waals surface area contributed by atoms with Gasteiger partial charge in [0.2, 0.25) is 0 Å². The molecule has 0 aliphatic heterocycles. The number of hydrogen-bond donors (Lipinski definition) is 0. The first kappa shape index (κ1) is 20.2. The summed E-state index contributed by atoms with van der Waals surface area (Å²) in [5.41, 5.74) is 3.17. The summed E-state index contributed by atoms with van der Waals surface area (Å²) in [6.45, 7) is 8.23. The van der Waals surface area contributed by atoms with Crippen LogP contribution in [0.15, 0.2) is 42.5 Å². The molecular formula is C23H23F3O2. The molecule has 1 aliphatic rings. The second-order valence-electron chi connectivity index (χ2n) is 7.65. The van der Waals surface area contributed by atoms with E-state index in [0.29, 0.717) is 17.6 Å². The highest BCUT2D eigenvalue weighted by Crippen LogP contribution is 2.41. The summed E-state index contributed by atoms with van der Waals surface area (Å²) in [5.74, 6) is 0.442. The van der Waals surface area contributed by atoms with Gasteiger partial charge in [-0.3, -0.25) is 0 Å². The average molecular weight is 388 g/mol. The molecule has 0 radical (unpaired) electrons. The molecule has 0 N–H and O–H groups in total. The van der Waals surface area contributed by atoms with E-state index in [2.05, 4.69) is 19.9 Å². The maximum absolute atomic E-state index is 12.9. The number of alkyl halides is 3. The van der Waals surface area contributed by atoms with Gasteiger partial charge in [-0.05, 0) is 78.6 Å². The average Bonchev–Trinajstić information content (AvgIpc) is 2.62. The molecule has 0 spiro atoms. The number of esters is 1. The van der Waals surface area contributed by atoms with Gasteiger partial charge in [0.15, 0.2) is 0 Å². The van der Waals surface area contributed by atoms with E-state index < -0.39 is 17.7 Å². The van der Waals surface area contributed by atoms with Crippen LogP contribution in [0.2, 0.25) is 0 Å². The fourth-order valence-electron chi connectivity index (χ4n) is 3.62. The van der Waals surface area contributed by atoms with E-state index >= 15 is 0 Å². The van der Waals surface area contributed by atoms with Gasteiger partial charge in [0.1, 0.15) is 5.75 Å². The largest absolute Gasteiger partial charge is 0.423 e. The molecule has 0 heterocycles. The van der Waals surface area contributed by atoms with Crippen molar-refractivity contribution in [2.24, 2.45) is 5.92 Å². The first-order valence-electron chi connectivity index (χ1n) is 9.29. The van der Waals surface area contributed by atoms with Gasteiger partial charge in [0.25, 0.3) is 0 Å². The van der Waals surface area contributed by atoms with E-state index in [4.69, 9.17) is 4.74 Å². The van der Waals surface area contributed by atoms with Crippen molar-refractivity contribution in [3.05, 3.63) is 70.3 Å². The standard InChI is InChI=1S/C23H23F3O2/c1-13(2)18-9-8-14(3)19-12-21(15(4)10-20(18)19)28-22(27)16-6-5-7-17(11-16)23(24,25)26/h5-8,10-13,18H,9H2,1-4H3/t18-/m1/s1. The Morgan fingerprint density at radius 3 is 2.50 bits per heavy atom. The molecule has 0 amide bonds. The van der Waals surface area contributed by atoms with Crippen LogP contribution >= 0.6 is 0 Å². The van der Waals surface area contributed by atoms with Crippen LogP contribution in [0.1, 0.15) is 65.7 Å². The molecule has 0 saturated carbocycles. The number of halogens is 3. The van der Waals surface area contributed by atoms with E-state index in [-0.39, 0.29) is 5.56 Å². The Morgan fingerprint density at radius 2 is 1.86 bits per heavy atom. The van der Waals surface area contributed by atoms with Crippen molar-refractivity contribution in [3.8, 4) is 5.75 Å². The van der Waals surface area contributed by atoms with Gasteiger partial charge in [0.05, 0.1) is 11.1 Å². The molecule has 2 nitrogen and oxygen atoms in total. The maximum Gasteiger partial charge on any atom is 0.416 e. The maximum atomic E-state index is 12.9. The minimum Gasteiger partial charge on any atom is -0.423 e. The predicted octanol–water partition coefficient (Wildman–Crippen LogP) is 6.78. The number of benzene rings is 2. The van der Waals surface area contributed by atoms with Gasteiger partial charge in [-0.2, -0.15) is 13.2 Å². The van der Waals surface area contributed by atoms with Crippen LogP contribution in [0.4, 0.5) is 13.2 Å². The third-order valence-corrected chi connectivity index (χ3v) is 5.28. The molecule has 0 unspecified atom stereocenters. The molecule has 5 heteroatoms. The van der Waals surface area contributed by atoms with Crippen LogP contribution < -0.4 is 4.74 Å². The second-order valence-corrected chi connectivity index (χ2v) is 7.65. The Hall–Kier alpha value is -2.56. The lowest BCUT2D eigenvalue weighted by atomic mass is 9.77. The van der Waals surface area contributed by atoms with Crippen LogP contribution in [0.5, 0.6) is 5.75 Å². The summed E-state index contributed by atoms with van der Waals surface area (Å²) in [4.78, 5) is 12.5. The second kappa shape index (κ2) is 7.46. The highest BCUT2D eigenvalue weighted by molar-refractivity contribution is 5.91. The van der Waals surface area contributed by atoms with Crippen molar-refractivity contribution < 1.29 is 22.7 Å². The lowest BCUT2D eigenvalue weighted by molar-refractivity contribution is -0.137. The van der Waals surface area contributed by atoms with Crippen molar-refractivity contribution in [1.29, 1.82) is 0 Å². The van der Waals surface area contributed by atoms with Crippen molar-refractivity contribution in [2.45, 2.75) is 46.2 Å². The summed E-state index contributed by atoms with van der Waals surface area (Å²) in [6, 6.07) is 8.14. The molecule has 148 valence electrons. The predicted molar refractivity (Wildman–Crippen MR) is 103 cm³/mol. The lowest BCUT2D eigenvalue weighted by Crippen LogP contribution is -2.15. The number of aryl methyl sites for hydroxylation is 1. The van der Waals surface area contributed by atoms with E-state index in [1.807, 2.05) is 26.0 Å². The zero-order valence-corrected chi connectivity index (χ0v) is 16.4. The molecular weight excluding hydrogens is 365 g/mol.